The molecule has 1 unspecified atom stereocenters. The molecule has 0 amide bonds. The van der Waals surface area contributed by atoms with E-state index < -0.39 is 5.97 Å². The van der Waals surface area contributed by atoms with Gasteiger partial charge in [-0.2, -0.15) is 0 Å². The van der Waals surface area contributed by atoms with Crippen LogP contribution in [0.25, 0.3) is 11.0 Å². The number of likely N-dealkylation sites (N-methyl/N-ethyl adjacent to an activating group) is 1. The first-order chi connectivity index (χ1) is 9.49. The first-order valence-corrected chi connectivity index (χ1v) is 7.44. The molecule has 0 aliphatic rings. The van der Waals surface area contributed by atoms with Gasteiger partial charge in [-0.05, 0) is 33.2 Å². The van der Waals surface area contributed by atoms with Gasteiger partial charge in [-0.25, -0.2) is 4.98 Å². The molecule has 0 spiro atoms. The Bertz CT molecular complexity index is 609. The van der Waals surface area contributed by atoms with Crippen LogP contribution in [0.5, 0.6) is 0 Å². The third kappa shape index (κ3) is 3.32. The number of imidazole rings is 1. The molecule has 1 aromatic heterocycles. The molecular weight excluding hydrogens is 274 g/mol. The van der Waals surface area contributed by atoms with Crippen molar-refractivity contribution in [2.75, 3.05) is 26.4 Å². The van der Waals surface area contributed by atoms with Gasteiger partial charge in [-0.15, -0.1) is 0 Å². The Morgan fingerprint density at radius 1 is 1.45 bits per heavy atom. The summed E-state index contributed by atoms with van der Waals surface area (Å²) in [6.07, 6.45) is 0. The van der Waals surface area contributed by atoms with Crippen molar-refractivity contribution in [2.45, 2.75) is 18.1 Å². The zero-order chi connectivity index (χ0) is 14.7. The number of thioether (sulfide) groups is 1. The van der Waals surface area contributed by atoms with E-state index in [1.54, 1.807) is 0 Å². The minimum absolute atomic E-state index is 0.0258. The Morgan fingerprint density at radius 3 is 2.80 bits per heavy atom. The Kier molecular flexibility index (Phi) is 4.67. The largest absolute Gasteiger partial charge is 0.481 e. The van der Waals surface area contributed by atoms with E-state index in [4.69, 9.17) is 5.11 Å². The van der Waals surface area contributed by atoms with Gasteiger partial charge in [0.1, 0.15) is 0 Å². The van der Waals surface area contributed by atoms with Gasteiger partial charge in [-0.3, -0.25) is 4.79 Å². The average Bonchev–Trinajstić information content (AvgIpc) is 2.73. The maximum Gasteiger partial charge on any atom is 0.313 e. The number of hydrogen-bond acceptors (Lipinski definition) is 4. The topological polar surface area (TPSA) is 58.4 Å². The van der Waals surface area contributed by atoms with Crippen molar-refractivity contribution < 1.29 is 9.90 Å². The quantitative estimate of drug-likeness (QED) is 0.828. The van der Waals surface area contributed by atoms with Gasteiger partial charge in [0, 0.05) is 12.6 Å². The molecule has 1 heterocycles. The van der Waals surface area contributed by atoms with Crippen LogP contribution in [0, 0.1) is 0 Å². The summed E-state index contributed by atoms with van der Waals surface area (Å²) in [5.74, 6) is -0.799. The van der Waals surface area contributed by atoms with Crippen LogP contribution in [-0.2, 0) is 4.79 Å². The zero-order valence-electron chi connectivity index (χ0n) is 11.9. The highest BCUT2D eigenvalue weighted by Crippen LogP contribution is 2.27. The Labute approximate surface area is 122 Å². The first kappa shape index (κ1) is 14.9. The second-order valence-corrected chi connectivity index (χ2v) is 5.99. The molecule has 1 N–H and O–H groups in total. The number of rotatable bonds is 6. The van der Waals surface area contributed by atoms with Crippen molar-refractivity contribution in [3.63, 3.8) is 0 Å². The SMILES string of the molecule is CC(CN(C)C)n1c(SCC(=O)O)nc2ccccc21. The minimum Gasteiger partial charge on any atom is -0.481 e. The molecular formula is C14H19N3O2S. The number of carboxylic acids is 1. The number of carbonyl (C=O) groups is 1. The molecule has 20 heavy (non-hydrogen) atoms. The molecule has 5 nitrogen and oxygen atoms in total. The van der Waals surface area contributed by atoms with Crippen LogP contribution >= 0.6 is 11.8 Å². The number of nitrogens with zero attached hydrogens (tertiary/aromatic N) is 3. The van der Waals surface area contributed by atoms with Crippen molar-refractivity contribution in [1.29, 1.82) is 0 Å². The first-order valence-electron chi connectivity index (χ1n) is 6.45. The molecule has 1 atom stereocenters. The number of fused-ring (bicyclic) bond motifs is 1. The van der Waals surface area contributed by atoms with E-state index in [2.05, 4.69) is 21.4 Å². The minimum atomic E-state index is -0.825. The van der Waals surface area contributed by atoms with Crippen LogP contribution in [0.4, 0.5) is 0 Å². The standard InChI is InChI=1S/C14H19N3O2S/c1-10(8-16(2)3)17-12-7-5-4-6-11(12)15-14(17)20-9-13(18)19/h4-7,10H,8-9H2,1-3H3,(H,18,19). The number of aliphatic carboxylic acids is 1. The second-order valence-electron chi connectivity index (χ2n) is 5.05. The number of carboxylic acid groups (broad SMARTS) is 1. The van der Waals surface area contributed by atoms with E-state index in [-0.39, 0.29) is 11.8 Å². The molecule has 0 radical (unpaired) electrons. The summed E-state index contributed by atoms with van der Waals surface area (Å²) in [6, 6.07) is 8.14. The van der Waals surface area contributed by atoms with E-state index in [1.165, 1.54) is 11.8 Å². The Hall–Kier alpha value is -1.53. The lowest BCUT2D eigenvalue weighted by atomic mass is 10.2. The fourth-order valence-electron chi connectivity index (χ4n) is 2.29. The van der Waals surface area contributed by atoms with E-state index in [0.29, 0.717) is 0 Å². The lowest BCUT2D eigenvalue weighted by Gasteiger charge is -2.20. The monoisotopic (exact) mass is 293 g/mol. The van der Waals surface area contributed by atoms with Crippen molar-refractivity contribution in [3.8, 4) is 0 Å². The smallest absolute Gasteiger partial charge is 0.313 e. The van der Waals surface area contributed by atoms with Crippen LogP contribution in [0.2, 0.25) is 0 Å². The van der Waals surface area contributed by atoms with Crippen LogP contribution in [0.3, 0.4) is 0 Å². The highest BCUT2D eigenvalue weighted by Gasteiger charge is 2.17. The van der Waals surface area contributed by atoms with Crippen LogP contribution in [0.15, 0.2) is 29.4 Å². The molecule has 2 aromatic rings. The van der Waals surface area contributed by atoms with Crippen molar-refractivity contribution in [1.82, 2.24) is 14.5 Å². The summed E-state index contributed by atoms with van der Waals surface area (Å²) in [6.45, 7) is 3.00. The van der Waals surface area contributed by atoms with Crippen molar-refractivity contribution in [3.05, 3.63) is 24.3 Å². The van der Waals surface area contributed by atoms with Gasteiger partial charge < -0.3 is 14.6 Å². The lowest BCUT2D eigenvalue weighted by molar-refractivity contribution is -0.133. The van der Waals surface area contributed by atoms with Crippen LogP contribution < -0.4 is 0 Å². The maximum atomic E-state index is 10.8. The third-order valence-corrected chi connectivity index (χ3v) is 3.90. The molecule has 0 aliphatic carbocycles. The number of hydrogen-bond donors (Lipinski definition) is 1. The van der Waals surface area contributed by atoms with E-state index >= 15 is 0 Å². The molecule has 0 bridgehead atoms. The summed E-state index contributed by atoms with van der Waals surface area (Å²) in [5.41, 5.74) is 1.96. The predicted molar refractivity (Wildman–Crippen MR) is 81.4 cm³/mol. The van der Waals surface area contributed by atoms with Gasteiger partial charge in [0.05, 0.1) is 16.8 Å². The Balaban J connectivity index is 2.41. The summed E-state index contributed by atoms with van der Waals surface area (Å²) >= 11 is 1.27. The van der Waals surface area contributed by atoms with Crippen molar-refractivity contribution in [2.24, 2.45) is 0 Å². The number of para-hydroxylation sites is 2. The van der Waals surface area contributed by atoms with Gasteiger partial charge in [0.15, 0.2) is 5.16 Å². The van der Waals surface area contributed by atoms with E-state index in [1.807, 2.05) is 38.4 Å². The fourth-order valence-corrected chi connectivity index (χ4v) is 3.12. The average molecular weight is 293 g/mol. The lowest BCUT2D eigenvalue weighted by Crippen LogP contribution is -2.23. The molecule has 0 fully saturated rings. The number of aromatic nitrogens is 2. The summed E-state index contributed by atoms with van der Waals surface area (Å²) in [5, 5.41) is 9.63. The maximum absolute atomic E-state index is 10.8. The highest BCUT2D eigenvalue weighted by atomic mass is 32.2. The molecule has 0 saturated heterocycles. The summed E-state index contributed by atoms with van der Waals surface area (Å²) < 4.78 is 2.13. The Morgan fingerprint density at radius 2 is 2.15 bits per heavy atom. The highest BCUT2D eigenvalue weighted by molar-refractivity contribution is 7.99. The third-order valence-electron chi connectivity index (χ3n) is 2.96. The van der Waals surface area contributed by atoms with Gasteiger partial charge in [0.25, 0.3) is 0 Å². The number of benzene rings is 1. The van der Waals surface area contributed by atoms with E-state index in [0.717, 1.165) is 22.7 Å². The van der Waals surface area contributed by atoms with Gasteiger partial charge >= 0.3 is 5.97 Å². The summed E-state index contributed by atoms with van der Waals surface area (Å²) in [7, 11) is 4.05. The fraction of sp³-hybridized carbons (Fsp3) is 0.429. The molecule has 1 aromatic carbocycles. The van der Waals surface area contributed by atoms with Gasteiger partial charge in [0.2, 0.25) is 0 Å². The molecule has 0 saturated carbocycles. The van der Waals surface area contributed by atoms with Crippen LogP contribution in [-0.4, -0.2) is 51.9 Å². The summed E-state index contributed by atoms with van der Waals surface area (Å²) in [4.78, 5) is 17.5. The molecule has 2 rings (SSSR count). The normalized spacial score (nSPS) is 13.0. The van der Waals surface area contributed by atoms with Crippen molar-refractivity contribution >= 4 is 28.8 Å². The van der Waals surface area contributed by atoms with Crippen LogP contribution in [0.1, 0.15) is 13.0 Å². The predicted octanol–water partition coefficient (Wildman–Crippen LogP) is 2.34. The molecule has 6 heteroatoms. The molecule has 0 aliphatic heterocycles. The zero-order valence-corrected chi connectivity index (χ0v) is 12.7. The molecule has 108 valence electrons. The second kappa shape index (κ2) is 6.28. The van der Waals surface area contributed by atoms with Gasteiger partial charge in [-0.1, -0.05) is 23.9 Å². The van der Waals surface area contributed by atoms with E-state index in [9.17, 15) is 4.79 Å².